The summed E-state index contributed by atoms with van der Waals surface area (Å²) in [6.07, 6.45) is 1.45. The number of sulfonamides is 1. The summed E-state index contributed by atoms with van der Waals surface area (Å²) in [6, 6.07) is 13.7. The van der Waals surface area contributed by atoms with Crippen molar-refractivity contribution in [3.05, 3.63) is 82.5 Å². The maximum absolute atomic E-state index is 12.6. The summed E-state index contributed by atoms with van der Waals surface area (Å²) in [5.41, 5.74) is 4.43. The lowest BCUT2D eigenvalue weighted by molar-refractivity contribution is 0.0696. The van der Waals surface area contributed by atoms with E-state index in [-0.39, 0.29) is 10.5 Å². The van der Waals surface area contributed by atoms with E-state index in [4.69, 9.17) is 0 Å². The second-order valence-corrected chi connectivity index (χ2v) is 9.67. The number of hydrogen-bond donors (Lipinski definition) is 2. The smallest absolute Gasteiger partial charge is 0.335 e. The fourth-order valence-electron chi connectivity index (χ4n) is 2.90. The molecule has 0 aliphatic rings. The Kier molecular flexibility index (Phi) is 6.48. The van der Waals surface area contributed by atoms with E-state index in [1.54, 1.807) is 30.8 Å². The van der Waals surface area contributed by atoms with Crippen LogP contribution in [0.2, 0.25) is 0 Å². The Morgan fingerprint density at radius 2 is 1.80 bits per heavy atom. The fourth-order valence-corrected chi connectivity index (χ4v) is 4.89. The van der Waals surface area contributed by atoms with Crippen LogP contribution in [0.4, 0.5) is 5.69 Å². The Bertz CT molecular complexity index is 1190. The van der Waals surface area contributed by atoms with E-state index in [9.17, 15) is 18.3 Å². The Labute approximate surface area is 180 Å². The normalized spacial score (nSPS) is 11.3. The molecule has 3 rings (SSSR count). The summed E-state index contributed by atoms with van der Waals surface area (Å²) in [4.78, 5) is 15.5. The van der Waals surface area contributed by atoms with Gasteiger partial charge in [0.1, 0.15) is 0 Å². The Morgan fingerprint density at radius 3 is 2.43 bits per heavy atom. The summed E-state index contributed by atoms with van der Waals surface area (Å²) in [5.74, 6) is -0.401. The molecule has 1 aromatic heterocycles. The monoisotopic (exact) mass is 442 g/mol. The Balaban J connectivity index is 1.70. The van der Waals surface area contributed by atoms with Crippen molar-refractivity contribution in [3.8, 4) is 0 Å². The molecule has 1 heterocycles. The molecule has 0 unspecified atom stereocenters. The number of anilines is 1. The van der Waals surface area contributed by atoms with Crippen LogP contribution in [0.5, 0.6) is 0 Å². The highest BCUT2D eigenvalue weighted by Gasteiger charge is 2.18. The molecular weight excluding hydrogens is 420 g/mol. The number of hydrogen-bond acceptors (Lipinski definition) is 5. The predicted octanol–water partition coefficient (Wildman–Crippen LogP) is 4.80. The van der Waals surface area contributed by atoms with E-state index in [1.807, 2.05) is 0 Å². The first-order valence-electron chi connectivity index (χ1n) is 9.17. The van der Waals surface area contributed by atoms with Crippen LogP contribution in [0.1, 0.15) is 32.6 Å². The van der Waals surface area contributed by atoms with Gasteiger partial charge in [-0.15, -0.1) is 11.8 Å². The van der Waals surface area contributed by atoms with Gasteiger partial charge in [0.15, 0.2) is 0 Å². The number of pyridine rings is 1. The minimum Gasteiger partial charge on any atom is -0.478 e. The van der Waals surface area contributed by atoms with Crippen LogP contribution in [-0.4, -0.2) is 24.5 Å². The fraction of sp³-hybridized carbons (Fsp3) is 0.182. The van der Waals surface area contributed by atoms with Gasteiger partial charge in [-0.1, -0.05) is 29.8 Å². The van der Waals surface area contributed by atoms with Crippen molar-refractivity contribution in [2.24, 2.45) is 0 Å². The average molecular weight is 443 g/mol. The minimum absolute atomic E-state index is 0.0471. The molecule has 2 aromatic carbocycles. The van der Waals surface area contributed by atoms with E-state index in [0.29, 0.717) is 11.3 Å². The molecule has 3 aromatic rings. The van der Waals surface area contributed by atoms with E-state index < -0.39 is 16.0 Å². The Morgan fingerprint density at radius 1 is 1.03 bits per heavy atom. The van der Waals surface area contributed by atoms with E-state index in [1.165, 1.54) is 35.0 Å². The third-order valence-corrected chi connectivity index (χ3v) is 6.98. The molecule has 0 aliphatic carbocycles. The van der Waals surface area contributed by atoms with Crippen LogP contribution < -0.4 is 4.72 Å². The van der Waals surface area contributed by atoms with Crippen LogP contribution in [-0.2, 0) is 15.8 Å². The van der Waals surface area contributed by atoms with Crippen LogP contribution in [0.3, 0.4) is 0 Å². The number of benzene rings is 2. The van der Waals surface area contributed by atoms with Crippen molar-refractivity contribution < 1.29 is 18.3 Å². The molecule has 0 spiro atoms. The quantitative estimate of drug-likeness (QED) is 0.510. The zero-order chi connectivity index (χ0) is 21.9. The van der Waals surface area contributed by atoms with E-state index in [2.05, 4.69) is 41.8 Å². The number of aryl methyl sites for hydroxylation is 3. The summed E-state index contributed by atoms with van der Waals surface area (Å²) in [6.45, 7) is 5.76. The number of carboxylic acids is 1. The van der Waals surface area contributed by atoms with Gasteiger partial charge in [0.25, 0.3) is 10.0 Å². The first kappa shape index (κ1) is 21.9. The van der Waals surface area contributed by atoms with Gasteiger partial charge in [-0.05, 0) is 61.7 Å². The number of thioether (sulfide) groups is 1. The lowest BCUT2D eigenvalue weighted by atomic mass is 10.1. The van der Waals surface area contributed by atoms with Gasteiger partial charge in [0.05, 0.1) is 27.4 Å². The standard InChI is InChI=1S/C22H22N2O4S2/c1-14-4-6-17(16(3)10-14)13-29-21-9-7-18(12-23-21)24-30(27,28)19-8-5-15(2)20(11-19)22(25)26/h4-12,24H,13H2,1-3H3,(H,25,26). The molecule has 0 saturated carbocycles. The molecule has 156 valence electrons. The van der Waals surface area contributed by atoms with Gasteiger partial charge in [0.2, 0.25) is 0 Å². The number of aromatic nitrogens is 1. The van der Waals surface area contributed by atoms with Crippen molar-refractivity contribution in [2.45, 2.75) is 36.4 Å². The van der Waals surface area contributed by atoms with E-state index >= 15 is 0 Å². The van der Waals surface area contributed by atoms with Crippen molar-refractivity contribution >= 4 is 33.4 Å². The third-order valence-electron chi connectivity index (χ3n) is 4.61. The van der Waals surface area contributed by atoms with Crippen molar-refractivity contribution in [1.29, 1.82) is 0 Å². The highest BCUT2D eigenvalue weighted by atomic mass is 32.2. The molecular formula is C22H22N2O4S2. The SMILES string of the molecule is Cc1ccc(CSc2ccc(NS(=O)(=O)c3ccc(C)c(C(=O)O)c3)cn2)c(C)c1. The van der Waals surface area contributed by atoms with Crippen LogP contribution in [0, 0.1) is 20.8 Å². The van der Waals surface area contributed by atoms with Crippen molar-refractivity contribution in [3.63, 3.8) is 0 Å². The first-order valence-corrected chi connectivity index (χ1v) is 11.6. The lowest BCUT2D eigenvalue weighted by Gasteiger charge is -2.10. The average Bonchev–Trinajstić information content (AvgIpc) is 2.68. The molecule has 0 aliphatic heterocycles. The van der Waals surface area contributed by atoms with Gasteiger partial charge in [0, 0.05) is 5.75 Å². The van der Waals surface area contributed by atoms with Crippen molar-refractivity contribution in [1.82, 2.24) is 4.98 Å². The second-order valence-electron chi connectivity index (χ2n) is 6.99. The topological polar surface area (TPSA) is 96.4 Å². The van der Waals surface area contributed by atoms with Crippen LogP contribution in [0.25, 0.3) is 0 Å². The van der Waals surface area contributed by atoms with Gasteiger partial charge in [-0.25, -0.2) is 18.2 Å². The van der Waals surface area contributed by atoms with Gasteiger partial charge >= 0.3 is 5.97 Å². The van der Waals surface area contributed by atoms with Crippen molar-refractivity contribution in [2.75, 3.05) is 4.72 Å². The highest BCUT2D eigenvalue weighted by Crippen LogP contribution is 2.25. The first-order chi connectivity index (χ1) is 14.2. The summed E-state index contributed by atoms with van der Waals surface area (Å²) in [7, 11) is -3.92. The number of aromatic carboxylic acids is 1. The maximum Gasteiger partial charge on any atom is 0.335 e. The maximum atomic E-state index is 12.6. The number of carbonyl (C=O) groups is 1. The Hall–Kier alpha value is -2.84. The van der Waals surface area contributed by atoms with Gasteiger partial charge in [-0.3, -0.25) is 4.72 Å². The zero-order valence-electron chi connectivity index (χ0n) is 16.8. The number of rotatable bonds is 7. The number of nitrogens with zero attached hydrogens (tertiary/aromatic N) is 1. The third kappa shape index (κ3) is 5.20. The molecule has 0 amide bonds. The molecule has 0 fully saturated rings. The molecule has 2 N–H and O–H groups in total. The molecule has 0 atom stereocenters. The molecule has 0 radical (unpaired) electrons. The zero-order valence-corrected chi connectivity index (χ0v) is 18.5. The molecule has 30 heavy (non-hydrogen) atoms. The summed E-state index contributed by atoms with van der Waals surface area (Å²) < 4.78 is 27.7. The molecule has 0 saturated heterocycles. The van der Waals surface area contributed by atoms with Crippen LogP contribution in [0.15, 0.2) is 64.6 Å². The number of nitrogens with one attached hydrogen (secondary N) is 1. The summed E-state index contributed by atoms with van der Waals surface area (Å²) >= 11 is 1.57. The summed E-state index contributed by atoms with van der Waals surface area (Å²) in [5, 5.41) is 9.99. The van der Waals surface area contributed by atoms with Gasteiger partial charge < -0.3 is 5.11 Å². The van der Waals surface area contributed by atoms with Crippen LogP contribution >= 0.6 is 11.8 Å². The molecule has 0 bridgehead atoms. The largest absolute Gasteiger partial charge is 0.478 e. The second kappa shape index (κ2) is 8.89. The minimum atomic E-state index is -3.92. The highest BCUT2D eigenvalue weighted by molar-refractivity contribution is 7.98. The number of carboxylic acid groups (broad SMARTS) is 1. The molecule has 8 heteroatoms. The predicted molar refractivity (Wildman–Crippen MR) is 119 cm³/mol. The lowest BCUT2D eigenvalue weighted by Crippen LogP contribution is -2.14. The van der Waals surface area contributed by atoms with Gasteiger partial charge in [-0.2, -0.15) is 0 Å². The van der Waals surface area contributed by atoms with E-state index in [0.717, 1.165) is 16.8 Å². The molecule has 6 nitrogen and oxygen atoms in total.